The smallest absolute Gasteiger partial charge is 0.293 e. The number of ether oxygens (including phenoxy) is 1. The molecule has 0 radical (unpaired) electrons. The second kappa shape index (κ2) is 10.7. The lowest BCUT2D eigenvalue weighted by Gasteiger charge is -2.12. The summed E-state index contributed by atoms with van der Waals surface area (Å²) in [5, 5.41) is 1.42. The third kappa shape index (κ3) is 6.05. The molecule has 1 fully saturated rings. The Kier molecular flexibility index (Phi) is 7.91. The van der Waals surface area contributed by atoms with Crippen molar-refractivity contribution in [3.05, 3.63) is 101 Å². The van der Waals surface area contributed by atoms with E-state index in [0.717, 1.165) is 32.0 Å². The zero-order valence-corrected chi connectivity index (χ0v) is 22.1. The van der Waals surface area contributed by atoms with Crippen molar-refractivity contribution in [3.63, 3.8) is 0 Å². The Hall–Kier alpha value is -1.71. The van der Waals surface area contributed by atoms with E-state index in [4.69, 9.17) is 39.5 Å². The summed E-state index contributed by atoms with van der Waals surface area (Å²) >= 11 is 21.2. The average molecular weight is 631 g/mol. The summed E-state index contributed by atoms with van der Waals surface area (Å²) < 4.78 is 6.77. The molecule has 1 saturated heterocycles. The van der Waals surface area contributed by atoms with E-state index in [0.29, 0.717) is 32.3 Å². The average Bonchev–Trinajstić information content (AvgIpc) is 3.03. The minimum Gasteiger partial charge on any atom is -0.488 e. The Morgan fingerprint density at radius 3 is 2.36 bits per heavy atom. The quantitative estimate of drug-likeness (QED) is 0.204. The SMILES string of the molecule is O=C1S/C(=C\c2ccc(OCc3ccc(Cl)cc3Cl)c(I)c2)C(=O)N1Cc1ccc(Cl)cc1. The fraction of sp³-hybridized carbons (Fsp3) is 0.0833. The molecule has 1 aliphatic heterocycles. The minimum atomic E-state index is -0.312. The highest BCUT2D eigenvalue weighted by atomic mass is 127. The largest absolute Gasteiger partial charge is 0.488 e. The van der Waals surface area contributed by atoms with Gasteiger partial charge in [0.15, 0.2) is 0 Å². The van der Waals surface area contributed by atoms with Crippen LogP contribution in [0.5, 0.6) is 5.75 Å². The second-order valence-electron chi connectivity index (χ2n) is 7.11. The maximum atomic E-state index is 12.8. The van der Waals surface area contributed by atoms with Crippen LogP contribution in [0, 0.1) is 3.57 Å². The van der Waals surface area contributed by atoms with Crippen molar-refractivity contribution in [1.29, 1.82) is 0 Å². The highest BCUT2D eigenvalue weighted by Gasteiger charge is 2.35. The minimum absolute atomic E-state index is 0.205. The highest BCUT2D eigenvalue weighted by Crippen LogP contribution is 2.34. The number of rotatable bonds is 6. The van der Waals surface area contributed by atoms with Gasteiger partial charge in [-0.15, -0.1) is 0 Å². The van der Waals surface area contributed by atoms with Crippen LogP contribution in [0.3, 0.4) is 0 Å². The number of amides is 2. The second-order valence-corrected chi connectivity index (χ2v) is 10.5. The van der Waals surface area contributed by atoms with E-state index in [1.165, 1.54) is 4.90 Å². The van der Waals surface area contributed by atoms with Crippen molar-refractivity contribution in [2.45, 2.75) is 13.2 Å². The third-order valence-corrected chi connectivity index (χ3v) is 7.37. The van der Waals surface area contributed by atoms with Crippen molar-refractivity contribution < 1.29 is 14.3 Å². The van der Waals surface area contributed by atoms with Gasteiger partial charge in [0.2, 0.25) is 0 Å². The predicted octanol–water partition coefficient (Wildman–Crippen LogP) is 8.07. The zero-order chi connectivity index (χ0) is 23.5. The third-order valence-electron chi connectivity index (χ3n) is 4.78. The fourth-order valence-electron chi connectivity index (χ4n) is 3.08. The van der Waals surface area contributed by atoms with Crippen molar-refractivity contribution in [3.8, 4) is 5.75 Å². The normalized spacial score (nSPS) is 14.9. The summed E-state index contributed by atoms with van der Waals surface area (Å²) in [7, 11) is 0. The van der Waals surface area contributed by atoms with Crippen LogP contribution < -0.4 is 4.74 Å². The number of imide groups is 1. The summed E-state index contributed by atoms with van der Waals surface area (Å²) in [6, 6.07) is 17.9. The molecule has 0 aliphatic carbocycles. The Morgan fingerprint density at radius 2 is 1.67 bits per heavy atom. The molecule has 1 heterocycles. The summed E-state index contributed by atoms with van der Waals surface area (Å²) in [5.74, 6) is 0.377. The molecule has 33 heavy (non-hydrogen) atoms. The van der Waals surface area contributed by atoms with Crippen LogP contribution in [0.1, 0.15) is 16.7 Å². The zero-order valence-electron chi connectivity index (χ0n) is 16.9. The van der Waals surface area contributed by atoms with Gasteiger partial charge in [-0.3, -0.25) is 14.5 Å². The molecule has 0 N–H and O–H groups in total. The predicted molar refractivity (Wildman–Crippen MR) is 143 cm³/mol. The van der Waals surface area contributed by atoms with Gasteiger partial charge in [-0.1, -0.05) is 59.1 Å². The van der Waals surface area contributed by atoms with Crippen LogP contribution in [0.2, 0.25) is 15.1 Å². The molecule has 3 aromatic rings. The number of carbonyl (C=O) groups excluding carboxylic acids is 2. The van der Waals surface area contributed by atoms with Crippen molar-refractivity contribution >= 4 is 86.4 Å². The molecule has 0 unspecified atom stereocenters. The number of hydrogen-bond acceptors (Lipinski definition) is 4. The summed E-state index contributed by atoms with van der Waals surface area (Å²) in [5.41, 5.74) is 2.46. The number of nitrogens with zero attached hydrogens (tertiary/aromatic N) is 1. The topological polar surface area (TPSA) is 46.6 Å². The van der Waals surface area contributed by atoms with Gasteiger partial charge >= 0.3 is 0 Å². The lowest BCUT2D eigenvalue weighted by molar-refractivity contribution is -0.123. The first kappa shape index (κ1) is 24.4. The van der Waals surface area contributed by atoms with Gasteiger partial charge in [0.25, 0.3) is 11.1 Å². The summed E-state index contributed by atoms with van der Waals surface area (Å²) in [4.78, 5) is 26.8. The van der Waals surface area contributed by atoms with Crippen LogP contribution in [-0.4, -0.2) is 16.0 Å². The molecule has 0 atom stereocenters. The Balaban J connectivity index is 1.45. The molecule has 1 aliphatic rings. The van der Waals surface area contributed by atoms with Gasteiger partial charge in [-0.05, 0) is 88.0 Å². The molecule has 0 bridgehead atoms. The lowest BCUT2D eigenvalue weighted by Crippen LogP contribution is -2.27. The molecule has 168 valence electrons. The number of thioether (sulfide) groups is 1. The molecule has 2 amide bonds. The molecule has 0 saturated carbocycles. The molecule has 9 heteroatoms. The first-order valence-corrected chi connectivity index (χ1v) is 12.7. The number of halogens is 4. The monoisotopic (exact) mass is 629 g/mol. The van der Waals surface area contributed by atoms with Crippen molar-refractivity contribution in [2.24, 2.45) is 0 Å². The standard InChI is InChI=1S/C24H15Cl3INO3S/c25-17-5-1-14(2-6-17)12-29-23(30)22(33-24(29)31)10-15-3-8-21(20(28)9-15)32-13-16-4-7-18(26)11-19(16)27/h1-11H,12-13H2/b22-10-. The maximum absolute atomic E-state index is 12.8. The number of benzene rings is 3. The number of carbonyl (C=O) groups is 2. The molecule has 0 aromatic heterocycles. The molecule has 4 rings (SSSR count). The van der Waals surface area contributed by atoms with Crippen LogP contribution >= 0.6 is 69.2 Å². The maximum Gasteiger partial charge on any atom is 0.293 e. The molecule has 0 spiro atoms. The van der Waals surface area contributed by atoms with Crippen molar-refractivity contribution in [2.75, 3.05) is 0 Å². The Labute approximate surface area is 224 Å². The van der Waals surface area contributed by atoms with Crippen LogP contribution in [-0.2, 0) is 17.9 Å². The van der Waals surface area contributed by atoms with E-state index in [1.54, 1.807) is 42.5 Å². The van der Waals surface area contributed by atoms with Gasteiger partial charge in [0.1, 0.15) is 12.4 Å². The van der Waals surface area contributed by atoms with E-state index < -0.39 is 0 Å². The van der Waals surface area contributed by atoms with E-state index in [9.17, 15) is 9.59 Å². The highest BCUT2D eigenvalue weighted by molar-refractivity contribution is 14.1. The first-order chi connectivity index (χ1) is 15.8. The molecular formula is C24H15Cl3INO3S. The van der Waals surface area contributed by atoms with Gasteiger partial charge < -0.3 is 4.74 Å². The van der Waals surface area contributed by atoms with E-state index in [-0.39, 0.29) is 17.7 Å². The van der Waals surface area contributed by atoms with Crippen molar-refractivity contribution in [1.82, 2.24) is 4.90 Å². The summed E-state index contributed by atoms with van der Waals surface area (Å²) in [6.07, 6.45) is 1.72. The van der Waals surface area contributed by atoms with Gasteiger partial charge in [-0.2, -0.15) is 0 Å². The summed E-state index contributed by atoms with van der Waals surface area (Å²) in [6.45, 7) is 0.506. The molecule has 4 nitrogen and oxygen atoms in total. The molecule has 3 aromatic carbocycles. The Bertz CT molecular complexity index is 1260. The van der Waals surface area contributed by atoms with Crippen LogP contribution in [0.4, 0.5) is 4.79 Å². The lowest BCUT2D eigenvalue weighted by atomic mass is 10.2. The Morgan fingerprint density at radius 1 is 0.939 bits per heavy atom. The van der Waals surface area contributed by atoms with Crippen LogP contribution in [0.15, 0.2) is 65.6 Å². The number of hydrogen-bond donors (Lipinski definition) is 0. The van der Waals surface area contributed by atoms with Crippen LogP contribution in [0.25, 0.3) is 6.08 Å². The van der Waals surface area contributed by atoms with Gasteiger partial charge in [-0.25, -0.2) is 0 Å². The van der Waals surface area contributed by atoms with E-state index >= 15 is 0 Å². The van der Waals surface area contributed by atoms with E-state index in [1.807, 2.05) is 24.3 Å². The van der Waals surface area contributed by atoms with Gasteiger partial charge in [0.05, 0.1) is 15.0 Å². The first-order valence-electron chi connectivity index (χ1n) is 9.66. The van der Waals surface area contributed by atoms with Gasteiger partial charge in [0, 0.05) is 20.6 Å². The fourth-order valence-corrected chi connectivity index (χ4v) is 5.20. The van der Waals surface area contributed by atoms with E-state index in [2.05, 4.69) is 22.6 Å². The molecular weight excluding hydrogens is 616 g/mol.